The molecule has 0 amide bonds. The highest BCUT2D eigenvalue weighted by Crippen LogP contribution is 2.42. The Morgan fingerprint density at radius 3 is 2.39 bits per heavy atom. The van der Waals surface area contributed by atoms with Crippen molar-refractivity contribution in [3.63, 3.8) is 0 Å². The maximum absolute atomic E-state index is 11.7. The van der Waals surface area contributed by atoms with Gasteiger partial charge in [0.25, 0.3) is 0 Å². The van der Waals surface area contributed by atoms with Crippen molar-refractivity contribution in [2.24, 2.45) is 5.92 Å². The van der Waals surface area contributed by atoms with Gasteiger partial charge in [0.2, 0.25) is 0 Å². The van der Waals surface area contributed by atoms with Gasteiger partial charge in [0.05, 0.1) is 12.7 Å². The van der Waals surface area contributed by atoms with Crippen LogP contribution >= 0.6 is 11.8 Å². The Labute approximate surface area is 169 Å². The lowest BCUT2D eigenvalue weighted by molar-refractivity contribution is -0.308. The first-order valence-electron chi connectivity index (χ1n) is 9.48. The van der Waals surface area contributed by atoms with E-state index >= 15 is 0 Å². The molecule has 0 aliphatic carbocycles. The van der Waals surface area contributed by atoms with E-state index in [1.807, 2.05) is 60.7 Å². The molecule has 2 heterocycles. The van der Waals surface area contributed by atoms with Crippen molar-refractivity contribution < 1.29 is 23.7 Å². The number of thioether (sulfide) groups is 1. The minimum Gasteiger partial charge on any atom is -0.458 e. The SMILES string of the molecule is CC(=O)OC1[C@H](C)C2OC(c3ccccc3)OCC2O[C@H]1Sc1ccccc1. The Morgan fingerprint density at radius 2 is 1.71 bits per heavy atom. The van der Waals surface area contributed by atoms with Gasteiger partial charge in [0.1, 0.15) is 17.6 Å². The minimum absolute atomic E-state index is 0.0287. The molecule has 6 atom stereocenters. The fourth-order valence-electron chi connectivity index (χ4n) is 3.68. The number of hydrogen-bond donors (Lipinski definition) is 0. The first-order chi connectivity index (χ1) is 13.6. The molecule has 4 rings (SSSR count). The highest BCUT2D eigenvalue weighted by Gasteiger charge is 2.49. The Balaban J connectivity index is 1.53. The third kappa shape index (κ3) is 4.25. The van der Waals surface area contributed by atoms with E-state index < -0.39 is 12.4 Å². The highest BCUT2D eigenvalue weighted by atomic mass is 32.2. The third-order valence-corrected chi connectivity index (χ3v) is 6.20. The van der Waals surface area contributed by atoms with Gasteiger partial charge in [-0.05, 0) is 12.1 Å². The minimum atomic E-state index is -0.440. The molecule has 5 nitrogen and oxygen atoms in total. The molecule has 2 fully saturated rings. The van der Waals surface area contributed by atoms with Gasteiger partial charge in [-0.15, -0.1) is 0 Å². The average molecular weight is 400 g/mol. The van der Waals surface area contributed by atoms with Gasteiger partial charge in [-0.3, -0.25) is 4.79 Å². The molecule has 6 heteroatoms. The monoisotopic (exact) mass is 400 g/mol. The topological polar surface area (TPSA) is 54.0 Å². The molecule has 2 aromatic rings. The lowest BCUT2D eigenvalue weighted by atomic mass is 9.90. The summed E-state index contributed by atoms with van der Waals surface area (Å²) in [4.78, 5) is 12.8. The summed E-state index contributed by atoms with van der Waals surface area (Å²) in [6, 6.07) is 19.8. The normalized spacial score (nSPS) is 32.4. The molecule has 2 saturated heterocycles. The third-order valence-electron chi connectivity index (χ3n) is 5.04. The Bertz CT molecular complexity index is 784. The fraction of sp³-hybridized carbons (Fsp3) is 0.409. The van der Waals surface area contributed by atoms with Crippen LogP contribution in [0.4, 0.5) is 0 Å². The molecule has 0 N–H and O–H groups in total. The first kappa shape index (κ1) is 19.5. The van der Waals surface area contributed by atoms with Crippen LogP contribution in [0.15, 0.2) is 65.6 Å². The summed E-state index contributed by atoms with van der Waals surface area (Å²) >= 11 is 1.56. The van der Waals surface area contributed by atoms with Crippen LogP contribution in [-0.2, 0) is 23.7 Å². The van der Waals surface area contributed by atoms with Crippen LogP contribution in [0.25, 0.3) is 0 Å². The van der Waals surface area contributed by atoms with E-state index in [0.717, 1.165) is 10.5 Å². The van der Waals surface area contributed by atoms with Gasteiger partial charge >= 0.3 is 5.97 Å². The Kier molecular flexibility index (Phi) is 6.01. The Morgan fingerprint density at radius 1 is 1.04 bits per heavy atom. The highest BCUT2D eigenvalue weighted by molar-refractivity contribution is 7.99. The zero-order valence-corrected chi connectivity index (χ0v) is 16.7. The summed E-state index contributed by atoms with van der Waals surface area (Å²) in [7, 11) is 0. The molecular weight excluding hydrogens is 376 g/mol. The van der Waals surface area contributed by atoms with Crippen LogP contribution in [0.3, 0.4) is 0 Å². The number of esters is 1. The van der Waals surface area contributed by atoms with Crippen molar-refractivity contribution in [1.82, 2.24) is 0 Å². The average Bonchev–Trinajstić information content (AvgIpc) is 2.72. The Hall–Kier alpha value is -1.86. The number of hydrogen-bond acceptors (Lipinski definition) is 6. The van der Waals surface area contributed by atoms with Gasteiger partial charge in [-0.1, -0.05) is 67.2 Å². The molecule has 0 radical (unpaired) electrons. The lowest BCUT2D eigenvalue weighted by Crippen LogP contribution is -2.58. The van der Waals surface area contributed by atoms with Gasteiger partial charge in [-0.2, -0.15) is 0 Å². The summed E-state index contributed by atoms with van der Waals surface area (Å²) in [5.74, 6) is -0.344. The molecular formula is C22H24O5S. The van der Waals surface area contributed by atoms with E-state index in [1.54, 1.807) is 11.8 Å². The molecule has 148 valence electrons. The summed E-state index contributed by atoms with van der Waals surface area (Å²) in [5.41, 5.74) is 0.654. The van der Waals surface area contributed by atoms with E-state index in [0.29, 0.717) is 6.61 Å². The van der Waals surface area contributed by atoms with Crippen molar-refractivity contribution in [2.45, 2.75) is 48.8 Å². The lowest BCUT2D eigenvalue weighted by Gasteiger charge is -2.48. The van der Waals surface area contributed by atoms with E-state index in [-0.39, 0.29) is 29.5 Å². The van der Waals surface area contributed by atoms with Gasteiger partial charge in [-0.25, -0.2) is 0 Å². The largest absolute Gasteiger partial charge is 0.458 e. The molecule has 2 aliphatic rings. The van der Waals surface area contributed by atoms with Crippen molar-refractivity contribution in [2.75, 3.05) is 6.61 Å². The summed E-state index contributed by atoms with van der Waals surface area (Å²) in [5, 5.41) is 0. The second-order valence-corrected chi connectivity index (χ2v) is 8.26. The van der Waals surface area contributed by atoms with E-state index in [2.05, 4.69) is 6.92 Å². The standard InChI is InChI=1S/C22H24O5S/c1-14-19-18(13-24-21(27-19)16-9-5-3-6-10-16)26-22(20(14)25-15(2)23)28-17-11-7-4-8-12-17/h3-12,14,18-22H,13H2,1-2H3/t14-,18?,19?,20?,21?,22+/m1/s1. The van der Waals surface area contributed by atoms with Crippen molar-refractivity contribution in [1.29, 1.82) is 0 Å². The number of fused-ring (bicyclic) bond motifs is 1. The smallest absolute Gasteiger partial charge is 0.303 e. The number of ether oxygens (including phenoxy) is 4. The number of benzene rings is 2. The van der Waals surface area contributed by atoms with Crippen LogP contribution in [0.1, 0.15) is 25.7 Å². The van der Waals surface area contributed by atoms with Crippen molar-refractivity contribution in [3.05, 3.63) is 66.2 Å². The molecule has 0 aromatic heterocycles. The zero-order valence-electron chi connectivity index (χ0n) is 15.9. The summed E-state index contributed by atoms with van der Waals surface area (Å²) in [6.07, 6.45) is -1.26. The van der Waals surface area contributed by atoms with Crippen molar-refractivity contribution in [3.8, 4) is 0 Å². The molecule has 2 aromatic carbocycles. The van der Waals surface area contributed by atoms with Gasteiger partial charge in [0, 0.05) is 23.3 Å². The van der Waals surface area contributed by atoms with Gasteiger partial charge < -0.3 is 18.9 Å². The maximum atomic E-state index is 11.7. The molecule has 0 saturated carbocycles. The van der Waals surface area contributed by atoms with Crippen LogP contribution in [0.5, 0.6) is 0 Å². The second kappa shape index (κ2) is 8.66. The number of carbonyl (C=O) groups is 1. The second-order valence-electron chi connectivity index (χ2n) is 7.08. The van der Waals surface area contributed by atoms with E-state index in [9.17, 15) is 4.79 Å². The maximum Gasteiger partial charge on any atom is 0.303 e. The zero-order chi connectivity index (χ0) is 19.5. The molecule has 4 unspecified atom stereocenters. The quantitative estimate of drug-likeness (QED) is 0.718. The first-order valence-corrected chi connectivity index (χ1v) is 10.4. The van der Waals surface area contributed by atoms with E-state index in [1.165, 1.54) is 6.92 Å². The number of carbonyl (C=O) groups excluding carboxylic acids is 1. The molecule has 0 bridgehead atoms. The predicted octanol–water partition coefficient (Wildman–Crippen LogP) is 4.19. The molecule has 0 spiro atoms. The fourth-order valence-corrected chi connectivity index (χ4v) is 4.90. The van der Waals surface area contributed by atoms with Crippen LogP contribution < -0.4 is 0 Å². The molecule has 2 aliphatic heterocycles. The van der Waals surface area contributed by atoms with Crippen LogP contribution in [0.2, 0.25) is 0 Å². The summed E-state index contributed by atoms with van der Waals surface area (Å²) in [6.45, 7) is 3.92. The van der Waals surface area contributed by atoms with E-state index in [4.69, 9.17) is 18.9 Å². The number of rotatable bonds is 4. The van der Waals surface area contributed by atoms with Gasteiger partial charge in [0.15, 0.2) is 6.29 Å². The molecule has 28 heavy (non-hydrogen) atoms. The van der Waals surface area contributed by atoms with Crippen LogP contribution in [-0.4, -0.2) is 36.3 Å². The summed E-state index contributed by atoms with van der Waals surface area (Å²) < 4.78 is 24.2. The van der Waals surface area contributed by atoms with Crippen LogP contribution in [0, 0.1) is 5.92 Å². The van der Waals surface area contributed by atoms with Crippen molar-refractivity contribution >= 4 is 17.7 Å². The predicted molar refractivity (Wildman–Crippen MR) is 106 cm³/mol.